The van der Waals surface area contributed by atoms with Crippen LogP contribution in [0, 0.1) is 5.92 Å². The number of allylic oxidation sites excluding steroid dienone is 1. The molecule has 13 aliphatic rings. The molecule has 23 heteroatoms. The molecule has 468 valence electrons. The second kappa shape index (κ2) is 21.8. The third-order valence-corrected chi connectivity index (χ3v) is 22.6. The molecule has 0 aromatic carbocycles. The average molecular weight is 1200 g/mol. The van der Waals surface area contributed by atoms with E-state index in [1.54, 1.807) is 6.92 Å². The Hall–Kier alpha value is -1.63. The Balaban J connectivity index is 0.660. The number of hydrogen-bond acceptors (Lipinski definition) is 21. The summed E-state index contributed by atoms with van der Waals surface area (Å²) in [6.07, 6.45) is -7.01. The second-order valence-corrected chi connectivity index (χ2v) is 29.2. The maximum absolute atomic E-state index is 12.4. The number of ether oxygens (including phenoxy) is 13. The molecule has 32 atom stereocenters. The predicted molar refractivity (Wildman–Crippen MR) is 290 cm³/mol. The lowest BCUT2D eigenvalue weighted by molar-refractivity contribution is -0.368. The monoisotopic (exact) mass is 1190 g/mol. The first-order valence-corrected chi connectivity index (χ1v) is 32.1. The standard InChI is InChI=1S/C60H90O22S/c1-10-11-27(2)16-48-60(9,80-48)54-29(4)17-41-40(75-54)23-47-59(8,79-41)53(65)52-44(74-47)22-43-49(76-52)28(3)12-14-56(5)46(73-43)24-45-57(6,82-56)15-13-33-35(72-45)19-37-36(69-33)20-38-39(71-37)21-42-34(70-38)18-30(62)55-58(7,78-42)25-31(63)50(77-55)51(32(64)26-61)81-83(66,67)68/h10,28,30-55,61-65H,1-2,4,11-26H2,3,5-9H3,(H,66,67,68)/t28-,30+,31-,32?,33-,34+,35+,36+,37-,38-,39+,40+,41-,42-,43-,44+,45-,46-,47-,48-,49+,50-,51?,52+,53+,54-,55-,56-,57+,58+,59-,60-/m0/s1. The van der Waals surface area contributed by atoms with E-state index < -0.39 is 124 Å². The van der Waals surface area contributed by atoms with E-state index in [4.69, 9.17) is 61.6 Å². The topological polar surface area (TPSA) is 288 Å². The van der Waals surface area contributed by atoms with E-state index in [0.717, 1.165) is 36.8 Å². The molecule has 0 bridgehead atoms. The van der Waals surface area contributed by atoms with Crippen LogP contribution in [-0.2, 0) is 76.2 Å². The summed E-state index contributed by atoms with van der Waals surface area (Å²) in [6.45, 7) is 23.8. The number of hydrogen-bond donors (Lipinski definition) is 6. The molecule has 13 rings (SSSR count). The van der Waals surface area contributed by atoms with Gasteiger partial charge >= 0.3 is 10.4 Å². The van der Waals surface area contributed by atoms with Gasteiger partial charge in [0.1, 0.15) is 53.9 Å². The molecule has 0 aromatic heterocycles. The highest BCUT2D eigenvalue weighted by Crippen LogP contribution is 2.56. The van der Waals surface area contributed by atoms with Crippen LogP contribution in [0.5, 0.6) is 0 Å². The Morgan fingerprint density at radius 2 is 1.25 bits per heavy atom. The molecule has 0 aliphatic carbocycles. The molecular weight excluding hydrogens is 1100 g/mol. The third kappa shape index (κ3) is 10.7. The van der Waals surface area contributed by atoms with E-state index in [-0.39, 0.29) is 98.1 Å². The first-order chi connectivity index (χ1) is 39.2. The van der Waals surface area contributed by atoms with Crippen molar-refractivity contribution in [3.8, 4) is 0 Å². The van der Waals surface area contributed by atoms with Crippen LogP contribution < -0.4 is 0 Å². The lowest BCUT2D eigenvalue weighted by Crippen LogP contribution is -2.74. The summed E-state index contributed by atoms with van der Waals surface area (Å²) in [5, 5.41) is 55.6. The van der Waals surface area contributed by atoms with Crippen molar-refractivity contribution < 1.29 is 104 Å². The molecular formula is C60H90O22S. The fourth-order valence-electron chi connectivity index (χ4n) is 17.5. The summed E-state index contributed by atoms with van der Waals surface area (Å²) in [5.74, 6) is 0.0905. The largest absolute Gasteiger partial charge is 0.397 e. The van der Waals surface area contributed by atoms with Gasteiger partial charge in [-0.2, -0.15) is 8.42 Å². The van der Waals surface area contributed by atoms with Crippen molar-refractivity contribution in [2.45, 2.75) is 325 Å². The zero-order valence-electron chi connectivity index (χ0n) is 48.7. The molecule has 13 heterocycles. The van der Waals surface area contributed by atoms with Crippen molar-refractivity contribution >= 4 is 10.4 Å². The smallest absolute Gasteiger partial charge is 0.394 e. The summed E-state index contributed by atoms with van der Waals surface area (Å²) < 4.78 is 127. The van der Waals surface area contributed by atoms with Gasteiger partial charge in [-0.3, -0.25) is 4.55 Å². The first kappa shape index (κ1) is 60.3. The van der Waals surface area contributed by atoms with Crippen molar-refractivity contribution in [1.82, 2.24) is 0 Å². The Bertz CT molecular complexity index is 2580. The minimum Gasteiger partial charge on any atom is -0.394 e. The van der Waals surface area contributed by atoms with E-state index in [1.807, 2.05) is 13.0 Å². The Labute approximate surface area is 487 Å². The summed E-state index contributed by atoms with van der Waals surface area (Å²) in [5.41, 5.74) is -2.14. The van der Waals surface area contributed by atoms with E-state index in [1.165, 1.54) is 0 Å². The van der Waals surface area contributed by atoms with Gasteiger partial charge in [0.05, 0.1) is 139 Å². The Morgan fingerprint density at radius 3 is 1.93 bits per heavy atom. The predicted octanol–water partition coefficient (Wildman–Crippen LogP) is 3.32. The van der Waals surface area contributed by atoms with E-state index in [2.05, 4.69) is 51.6 Å². The number of epoxide rings is 1. The zero-order valence-corrected chi connectivity index (χ0v) is 49.5. The van der Waals surface area contributed by atoms with Crippen molar-refractivity contribution in [3.63, 3.8) is 0 Å². The lowest BCUT2D eigenvalue weighted by Gasteiger charge is -2.60. The van der Waals surface area contributed by atoms with Crippen LogP contribution >= 0.6 is 0 Å². The quantitative estimate of drug-likeness (QED) is 0.104. The van der Waals surface area contributed by atoms with Crippen molar-refractivity contribution in [1.29, 1.82) is 0 Å². The van der Waals surface area contributed by atoms with E-state index in [9.17, 15) is 38.5 Å². The molecule has 0 radical (unpaired) electrons. The number of aliphatic hydroxyl groups excluding tert-OH is 5. The van der Waals surface area contributed by atoms with Gasteiger partial charge in [-0.05, 0) is 91.1 Å². The van der Waals surface area contributed by atoms with Crippen molar-refractivity contribution in [2.75, 3.05) is 6.61 Å². The molecule has 0 amide bonds. The first-order valence-electron chi connectivity index (χ1n) is 30.8. The van der Waals surface area contributed by atoms with Crippen LogP contribution in [0.3, 0.4) is 0 Å². The SMILES string of the molecule is C=CCC(=C)C[C@@H]1O[C@]1(C)[C@H]1O[C@@H]2C[C@@H]3O[C@@H]4C[C@@H]5O[C@H]6C[C@@H]7O[C@@H]8C[C@@H]9O[C@@H]%10C[C@@H]%11O[C@]%12(C)C[C@H](O)[C@@H](C(OS(=O)(=O)O)C(O)CO)O[C@H]%12[C@H](O)C[C@H]%11O[C@H]%10C[C@H]9O[C@H]8CC[C@@]7(C)O[C@@]6(C)CC[C@H](C)[C@H]5O[C@H]4[C@@H](O)[C@@]3(C)O[C@H]2CC1=C. The summed E-state index contributed by atoms with van der Waals surface area (Å²) >= 11 is 0. The van der Waals surface area contributed by atoms with E-state index in [0.29, 0.717) is 57.8 Å². The average Bonchev–Trinajstić information content (AvgIpc) is 2.36. The summed E-state index contributed by atoms with van der Waals surface area (Å²) in [7, 11) is -5.15. The normalized spacial score (nSPS) is 55.4. The van der Waals surface area contributed by atoms with Gasteiger partial charge in [0.2, 0.25) is 0 Å². The van der Waals surface area contributed by atoms with Crippen LogP contribution in [0.25, 0.3) is 0 Å². The fourth-order valence-corrected chi connectivity index (χ4v) is 18.0. The number of aliphatic hydroxyl groups is 5. The molecule has 0 aromatic rings. The van der Waals surface area contributed by atoms with Crippen LogP contribution in [0.15, 0.2) is 37.0 Å². The summed E-state index contributed by atoms with van der Waals surface area (Å²) in [4.78, 5) is 0. The van der Waals surface area contributed by atoms with Crippen LogP contribution in [-0.4, -0.2) is 232 Å². The third-order valence-electron chi connectivity index (χ3n) is 22.1. The minimum atomic E-state index is -5.15. The Morgan fingerprint density at radius 1 is 0.663 bits per heavy atom. The lowest BCUT2D eigenvalue weighted by atomic mass is 9.73. The second-order valence-electron chi connectivity index (χ2n) is 28.1. The zero-order chi connectivity index (χ0) is 58.7. The Kier molecular flexibility index (Phi) is 15.8. The van der Waals surface area contributed by atoms with Gasteiger partial charge in [-0.15, -0.1) is 6.58 Å². The minimum absolute atomic E-state index is 0.0223. The molecule has 13 fully saturated rings. The molecule has 22 nitrogen and oxygen atoms in total. The van der Waals surface area contributed by atoms with Crippen molar-refractivity contribution in [2.24, 2.45) is 5.92 Å². The van der Waals surface area contributed by atoms with Gasteiger partial charge in [0.15, 0.2) is 0 Å². The highest BCUT2D eigenvalue weighted by atomic mass is 32.3. The maximum Gasteiger partial charge on any atom is 0.397 e. The van der Waals surface area contributed by atoms with Gasteiger partial charge in [-0.1, -0.05) is 31.7 Å². The highest BCUT2D eigenvalue weighted by molar-refractivity contribution is 7.80. The molecule has 2 unspecified atom stereocenters. The number of rotatable bonds is 10. The molecule has 83 heavy (non-hydrogen) atoms. The van der Waals surface area contributed by atoms with Crippen LogP contribution in [0.1, 0.15) is 138 Å². The molecule has 13 aliphatic heterocycles. The van der Waals surface area contributed by atoms with Crippen molar-refractivity contribution in [3.05, 3.63) is 37.0 Å². The van der Waals surface area contributed by atoms with Gasteiger partial charge in [0.25, 0.3) is 0 Å². The fraction of sp³-hybridized carbons (Fsp3) is 0.900. The van der Waals surface area contributed by atoms with Gasteiger partial charge in [-0.25, -0.2) is 4.18 Å². The van der Waals surface area contributed by atoms with Crippen LogP contribution in [0.2, 0.25) is 0 Å². The van der Waals surface area contributed by atoms with E-state index >= 15 is 0 Å². The van der Waals surface area contributed by atoms with Gasteiger partial charge < -0.3 is 87.1 Å². The molecule has 0 saturated carbocycles. The molecule has 0 spiro atoms. The molecule has 6 N–H and O–H groups in total. The number of fused-ring (bicyclic) bond motifs is 11. The molecule has 13 saturated heterocycles. The van der Waals surface area contributed by atoms with Gasteiger partial charge in [0, 0.05) is 51.4 Å². The summed E-state index contributed by atoms with van der Waals surface area (Å²) in [6, 6.07) is 0. The maximum atomic E-state index is 12.4. The van der Waals surface area contributed by atoms with Crippen LogP contribution in [0.4, 0.5) is 0 Å². The highest BCUT2D eigenvalue weighted by Gasteiger charge is 2.67.